The number of hydrogen-bond acceptors (Lipinski definition) is 5. The van der Waals surface area contributed by atoms with Crippen molar-refractivity contribution in [3.8, 4) is 11.5 Å². The highest BCUT2D eigenvalue weighted by atomic mass is 19.4. The molecule has 2 unspecified atom stereocenters. The number of pyridine rings is 1. The molecule has 0 saturated carbocycles. The van der Waals surface area contributed by atoms with E-state index in [1.165, 1.54) is 10.5 Å². The molecule has 0 radical (unpaired) electrons. The molecule has 1 amide bonds. The van der Waals surface area contributed by atoms with Crippen LogP contribution in [0.2, 0.25) is 0 Å². The van der Waals surface area contributed by atoms with Crippen LogP contribution in [0, 0.1) is 0 Å². The van der Waals surface area contributed by atoms with Crippen molar-refractivity contribution < 1.29 is 27.4 Å². The van der Waals surface area contributed by atoms with Crippen LogP contribution >= 0.6 is 0 Å². The number of carbonyl (C=O) groups excluding carboxylic acids is 1. The van der Waals surface area contributed by atoms with Gasteiger partial charge in [-0.25, -0.2) is 0 Å². The molecule has 2 atom stereocenters. The first-order chi connectivity index (χ1) is 14.9. The number of aromatic nitrogens is 3. The Kier molecular flexibility index (Phi) is 4.71. The normalized spacial score (nSPS) is 21.3. The maximum atomic E-state index is 13.1. The van der Waals surface area contributed by atoms with Crippen LogP contribution in [0.1, 0.15) is 30.1 Å². The Hall–Kier alpha value is -3.30. The molecular weight excluding hydrogens is 413 g/mol. The predicted molar refractivity (Wildman–Crippen MR) is 103 cm³/mol. The smallest absolute Gasteiger partial charge is 0.417 e. The van der Waals surface area contributed by atoms with Gasteiger partial charge < -0.3 is 14.4 Å². The van der Waals surface area contributed by atoms with Crippen LogP contribution in [-0.2, 0) is 11.0 Å². The summed E-state index contributed by atoms with van der Waals surface area (Å²) in [7, 11) is 0. The molecule has 1 saturated heterocycles. The summed E-state index contributed by atoms with van der Waals surface area (Å²) in [5.74, 6) is 1.10. The number of piperidine rings is 1. The van der Waals surface area contributed by atoms with E-state index in [2.05, 4.69) is 10.2 Å². The van der Waals surface area contributed by atoms with E-state index in [1.807, 2.05) is 6.07 Å². The number of halogens is 3. The van der Waals surface area contributed by atoms with Gasteiger partial charge in [0.05, 0.1) is 5.56 Å². The van der Waals surface area contributed by atoms with Crippen LogP contribution in [0.4, 0.5) is 13.2 Å². The number of amides is 1. The molecule has 4 heterocycles. The molecule has 162 valence electrons. The zero-order valence-electron chi connectivity index (χ0n) is 16.4. The lowest BCUT2D eigenvalue weighted by Crippen LogP contribution is -2.49. The van der Waals surface area contributed by atoms with Gasteiger partial charge in [-0.3, -0.25) is 9.20 Å². The van der Waals surface area contributed by atoms with Crippen LogP contribution in [-0.4, -0.2) is 51.2 Å². The van der Waals surface area contributed by atoms with Crippen molar-refractivity contribution in [1.82, 2.24) is 19.5 Å². The average molecular weight is 432 g/mol. The van der Waals surface area contributed by atoms with Gasteiger partial charge in [-0.05, 0) is 37.1 Å². The molecule has 10 heteroatoms. The van der Waals surface area contributed by atoms with E-state index in [0.29, 0.717) is 48.9 Å². The van der Waals surface area contributed by atoms with Gasteiger partial charge in [-0.2, -0.15) is 13.2 Å². The lowest BCUT2D eigenvalue weighted by atomic mass is 9.96. The molecule has 31 heavy (non-hydrogen) atoms. The lowest BCUT2D eigenvalue weighted by Gasteiger charge is -2.35. The van der Waals surface area contributed by atoms with Gasteiger partial charge in [0.1, 0.15) is 12.4 Å². The van der Waals surface area contributed by atoms with Crippen molar-refractivity contribution in [2.45, 2.75) is 31.0 Å². The Labute approximate surface area is 175 Å². The van der Waals surface area contributed by atoms with Crippen LogP contribution in [0.3, 0.4) is 0 Å². The summed E-state index contributed by atoms with van der Waals surface area (Å²) in [6.45, 7) is 0.985. The number of rotatable bonds is 2. The number of alkyl halides is 3. The minimum absolute atomic E-state index is 0.111. The molecule has 3 aromatic rings. The second-order valence-corrected chi connectivity index (χ2v) is 7.69. The van der Waals surface area contributed by atoms with Gasteiger partial charge in [0.25, 0.3) is 5.91 Å². The Balaban J connectivity index is 1.36. The monoisotopic (exact) mass is 432 g/mol. The Morgan fingerprint density at radius 2 is 1.90 bits per heavy atom. The van der Waals surface area contributed by atoms with Crippen molar-refractivity contribution in [3.63, 3.8) is 0 Å². The Morgan fingerprint density at radius 3 is 2.71 bits per heavy atom. The number of likely N-dealkylation sites (tertiary alicyclic amines) is 1. The molecule has 2 aliphatic heterocycles. The molecule has 5 rings (SSSR count). The van der Waals surface area contributed by atoms with Crippen molar-refractivity contribution in [1.29, 1.82) is 0 Å². The molecule has 0 N–H and O–H groups in total. The minimum atomic E-state index is -4.46. The third-order valence-corrected chi connectivity index (χ3v) is 5.64. The summed E-state index contributed by atoms with van der Waals surface area (Å²) in [5.41, 5.74) is -0.428. The van der Waals surface area contributed by atoms with Gasteiger partial charge in [-0.15, -0.1) is 10.2 Å². The number of ether oxygens (including phenoxy) is 2. The first-order valence-corrected chi connectivity index (χ1v) is 9.99. The van der Waals surface area contributed by atoms with Gasteiger partial charge in [0.2, 0.25) is 6.10 Å². The second kappa shape index (κ2) is 7.44. The van der Waals surface area contributed by atoms with Gasteiger partial charge in [0.15, 0.2) is 17.1 Å². The number of nitrogens with zero attached hydrogens (tertiary/aromatic N) is 4. The molecule has 0 aliphatic carbocycles. The van der Waals surface area contributed by atoms with Crippen LogP contribution in [0.15, 0.2) is 42.6 Å². The third kappa shape index (κ3) is 3.66. The first-order valence-electron chi connectivity index (χ1n) is 9.99. The molecule has 7 nitrogen and oxygen atoms in total. The fraction of sp³-hybridized carbons (Fsp3) is 0.381. The van der Waals surface area contributed by atoms with E-state index in [-0.39, 0.29) is 18.4 Å². The average Bonchev–Trinajstić information content (AvgIpc) is 3.21. The van der Waals surface area contributed by atoms with Crippen molar-refractivity contribution in [2.24, 2.45) is 0 Å². The van der Waals surface area contributed by atoms with Gasteiger partial charge in [0, 0.05) is 25.2 Å². The van der Waals surface area contributed by atoms with Crippen molar-refractivity contribution in [2.75, 3.05) is 19.7 Å². The zero-order chi connectivity index (χ0) is 21.6. The molecule has 2 aromatic heterocycles. The standard InChI is InChI=1S/C21H19F3N4O3/c22-21(23,24)14-7-8-18-25-26-19(28(18)11-14)13-4-3-9-27(10-13)20(29)17-12-30-15-5-1-2-6-16(15)31-17/h1-2,5-8,11,13,17H,3-4,9-10,12H2. The maximum Gasteiger partial charge on any atom is 0.417 e. The van der Waals surface area contributed by atoms with Crippen molar-refractivity contribution in [3.05, 3.63) is 54.0 Å². The Bertz CT molecular complexity index is 1130. The first kappa shape index (κ1) is 19.7. The number of fused-ring (bicyclic) bond motifs is 2. The summed E-state index contributed by atoms with van der Waals surface area (Å²) >= 11 is 0. The molecule has 1 fully saturated rings. The van der Waals surface area contributed by atoms with E-state index in [0.717, 1.165) is 12.3 Å². The highest BCUT2D eigenvalue weighted by molar-refractivity contribution is 5.82. The molecule has 0 bridgehead atoms. The van der Waals surface area contributed by atoms with Gasteiger partial charge >= 0.3 is 6.18 Å². The summed E-state index contributed by atoms with van der Waals surface area (Å²) in [4.78, 5) is 14.7. The van der Waals surface area contributed by atoms with Crippen LogP contribution < -0.4 is 9.47 Å². The van der Waals surface area contributed by atoms with Crippen LogP contribution in [0.5, 0.6) is 11.5 Å². The summed E-state index contributed by atoms with van der Waals surface area (Å²) < 4.78 is 52.3. The number of para-hydroxylation sites is 2. The fourth-order valence-corrected chi connectivity index (χ4v) is 4.09. The largest absolute Gasteiger partial charge is 0.485 e. The summed E-state index contributed by atoms with van der Waals surface area (Å²) in [5, 5.41) is 8.13. The van der Waals surface area contributed by atoms with Crippen molar-refractivity contribution >= 4 is 11.6 Å². The lowest BCUT2D eigenvalue weighted by molar-refractivity contribution is -0.142. The highest BCUT2D eigenvalue weighted by Crippen LogP contribution is 2.33. The summed E-state index contributed by atoms with van der Waals surface area (Å²) in [6, 6.07) is 9.44. The zero-order valence-corrected chi connectivity index (χ0v) is 16.4. The van der Waals surface area contributed by atoms with Gasteiger partial charge in [-0.1, -0.05) is 12.1 Å². The molecule has 1 aromatic carbocycles. The third-order valence-electron chi connectivity index (χ3n) is 5.64. The topological polar surface area (TPSA) is 69.0 Å². The number of carbonyl (C=O) groups is 1. The van der Waals surface area contributed by atoms with E-state index in [1.54, 1.807) is 23.1 Å². The SMILES string of the molecule is O=C(C1COc2ccccc2O1)N1CCCC(c2nnc3ccc(C(F)(F)F)cn23)C1. The number of benzene rings is 1. The minimum Gasteiger partial charge on any atom is -0.485 e. The van der Waals surface area contributed by atoms with Crippen LogP contribution in [0.25, 0.3) is 5.65 Å². The second-order valence-electron chi connectivity index (χ2n) is 7.69. The number of hydrogen-bond donors (Lipinski definition) is 0. The predicted octanol–water partition coefficient (Wildman–Crippen LogP) is 3.29. The van der Waals surface area contributed by atoms with E-state index < -0.39 is 17.8 Å². The molecular formula is C21H19F3N4O3. The quantitative estimate of drug-likeness (QED) is 0.622. The highest BCUT2D eigenvalue weighted by Gasteiger charge is 2.36. The molecule has 2 aliphatic rings. The van der Waals surface area contributed by atoms with E-state index in [4.69, 9.17) is 9.47 Å². The molecule has 0 spiro atoms. The fourth-order valence-electron chi connectivity index (χ4n) is 4.09. The maximum absolute atomic E-state index is 13.1. The summed E-state index contributed by atoms with van der Waals surface area (Å²) in [6.07, 6.45) is -2.81. The Morgan fingerprint density at radius 1 is 1.10 bits per heavy atom. The van der Waals surface area contributed by atoms with E-state index in [9.17, 15) is 18.0 Å². The van der Waals surface area contributed by atoms with E-state index >= 15 is 0 Å².